The van der Waals surface area contributed by atoms with E-state index in [4.69, 9.17) is 5.73 Å². The number of thiophene rings is 1. The van der Waals surface area contributed by atoms with Crippen molar-refractivity contribution >= 4 is 39.0 Å². The smallest absolute Gasteiger partial charge is 0.259 e. The number of aryl methyl sites for hydroxylation is 2. The zero-order valence-corrected chi connectivity index (χ0v) is 14.5. The largest absolute Gasteiger partial charge is 0.369 e. The first-order chi connectivity index (χ1) is 12.0. The molecule has 0 saturated heterocycles. The molecule has 9 nitrogen and oxygen atoms in total. The van der Waals surface area contributed by atoms with Crippen molar-refractivity contribution in [1.29, 1.82) is 0 Å². The molecule has 0 aliphatic heterocycles. The van der Waals surface area contributed by atoms with Crippen LogP contribution < -0.4 is 16.6 Å². The summed E-state index contributed by atoms with van der Waals surface area (Å²) in [6.07, 6.45) is 2.07. The Bertz CT molecular complexity index is 1140. The van der Waals surface area contributed by atoms with E-state index in [9.17, 15) is 4.79 Å². The van der Waals surface area contributed by atoms with Crippen LogP contribution in [-0.2, 0) is 6.42 Å². The molecule has 0 aromatic carbocycles. The van der Waals surface area contributed by atoms with Crippen LogP contribution in [0.4, 0.5) is 11.8 Å². The van der Waals surface area contributed by atoms with Crippen molar-refractivity contribution in [3.05, 3.63) is 39.0 Å². The highest BCUT2D eigenvalue weighted by atomic mass is 32.1. The van der Waals surface area contributed by atoms with Gasteiger partial charge in [-0.2, -0.15) is 4.98 Å². The van der Waals surface area contributed by atoms with Crippen molar-refractivity contribution in [3.63, 3.8) is 0 Å². The minimum absolute atomic E-state index is 0.0888. The van der Waals surface area contributed by atoms with E-state index in [-0.39, 0.29) is 5.56 Å². The third-order valence-corrected chi connectivity index (χ3v) is 5.18. The van der Waals surface area contributed by atoms with Crippen molar-refractivity contribution in [2.75, 3.05) is 17.6 Å². The molecular weight excluding hydrogens is 340 g/mol. The standard InChI is InChI=1S/C15H16N8OS/c1-7-8(2)25-14-12(7)13(24)19-9(20-14)3-4-17-10-5-11-22-18-6-23(11)15(16)21-10/h5-6,17H,3-4H2,1-2H3,(H2,16,21)(H,19,20,24). The molecule has 0 aliphatic carbocycles. The summed E-state index contributed by atoms with van der Waals surface area (Å²) >= 11 is 1.54. The van der Waals surface area contributed by atoms with Crippen LogP contribution in [0.2, 0.25) is 0 Å². The molecule has 25 heavy (non-hydrogen) atoms. The predicted octanol–water partition coefficient (Wildman–Crippen LogP) is 1.28. The zero-order valence-electron chi connectivity index (χ0n) is 13.7. The molecule has 0 fully saturated rings. The Balaban J connectivity index is 1.53. The minimum atomic E-state index is -0.0888. The van der Waals surface area contributed by atoms with Gasteiger partial charge in [0.05, 0.1) is 5.39 Å². The van der Waals surface area contributed by atoms with Crippen molar-refractivity contribution in [1.82, 2.24) is 29.5 Å². The molecule has 4 rings (SSSR count). The van der Waals surface area contributed by atoms with E-state index in [1.807, 2.05) is 13.8 Å². The lowest BCUT2D eigenvalue weighted by atomic mass is 10.2. The Hall–Kier alpha value is -3.01. The second-order valence-corrected chi connectivity index (χ2v) is 6.91. The molecule has 128 valence electrons. The maximum absolute atomic E-state index is 12.3. The molecule has 0 radical (unpaired) electrons. The summed E-state index contributed by atoms with van der Waals surface area (Å²) in [5.74, 6) is 1.55. The first kappa shape index (κ1) is 15.5. The molecule has 4 heterocycles. The molecule has 0 atom stereocenters. The summed E-state index contributed by atoms with van der Waals surface area (Å²) in [6.45, 7) is 4.50. The molecule has 4 aromatic heterocycles. The van der Waals surface area contributed by atoms with Gasteiger partial charge in [0.2, 0.25) is 5.95 Å². The van der Waals surface area contributed by atoms with Crippen LogP contribution in [0, 0.1) is 13.8 Å². The van der Waals surface area contributed by atoms with Crippen LogP contribution in [0.25, 0.3) is 15.9 Å². The van der Waals surface area contributed by atoms with E-state index in [1.165, 1.54) is 6.33 Å². The number of fused-ring (bicyclic) bond motifs is 2. The van der Waals surface area contributed by atoms with E-state index < -0.39 is 0 Å². The van der Waals surface area contributed by atoms with Gasteiger partial charge in [-0.3, -0.25) is 9.20 Å². The summed E-state index contributed by atoms with van der Waals surface area (Å²) in [6, 6.07) is 1.76. The summed E-state index contributed by atoms with van der Waals surface area (Å²) in [5, 5.41) is 11.6. The Morgan fingerprint density at radius 2 is 2.20 bits per heavy atom. The molecule has 4 aromatic rings. The number of aromatic nitrogens is 6. The van der Waals surface area contributed by atoms with Gasteiger partial charge < -0.3 is 16.0 Å². The summed E-state index contributed by atoms with van der Waals surface area (Å²) in [5.41, 5.74) is 7.39. The lowest BCUT2D eigenvalue weighted by Crippen LogP contribution is -2.15. The second-order valence-electron chi connectivity index (χ2n) is 5.71. The maximum atomic E-state index is 12.3. The van der Waals surface area contributed by atoms with Crippen LogP contribution in [0.1, 0.15) is 16.3 Å². The fourth-order valence-corrected chi connectivity index (χ4v) is 3.72. The molecular formula is C15H16N8OS. The highest BCUT2D eigenvalue weighted by Crippen LogP contribution is 2.25. The van der Waals surface area contributed by atoms with E-state index in [1.54, 1.807) is 21.8 Å². The quantitative estimate of drug-likeness (QED) is 0.502. The number of anilines is 2. The minimum Gasteiger partial charge on any atom is -0.369 e. The average molecular weight is 356 g/mol. The fraction of sp³-hybridized carbons (Fsp3) is 0.267. The number of aromatic amines is 1. The first-order valence-electron chi connectivity index (χ1n) is 7.72. The van der Waals surface area contributed by atoms with Crippen LogP contribution in [-0.4, -0.2) is 36.1 Å². The Morgan fingerprint density at radius 1 is 1.36 bits per heavy atom. The molecule has 0 saturated carbocycles. The number of rotatable bonds is 4. The van der Waals surface area contributed by atoms with Gasteiger partial charge in [0.25, 0.3) is 5.56 Å². The Morgan fingerprint density at radius 3 is 3.04 bits per heavy atom. The number of hydrogen-bond acceptors (Lipinski definition) is 8. The van der Waals surface area contributed by atoms with Crippen molar-refractivity contribution < 1.29 is 0 Å². The van der Waals surface area contributed by atoms with E-state index >= 15 is 0 Å². The number of nitrogens with two attached hydrogens (primary N) is 1. The second kappa shape index (κ2) is 5.81. The Labute approximate surface area is 146 Å². The molecule has 0 amide bonds. The van der Waals surface area contributed by atoms with Crippen molar-refractivity contribution in [2.45, 2.75) is 20.3 Å². The highest BCUT2D eigenvalue weighted by molar-refractivity contribution is 7.18. The monoisotopic (exact) mass is 356 g/mol. The molecule has 0 bridgehead atoms. The molecule has 0 aliphatic rings. The van der Waals surface area contributed by atoms with Gasteiger partial charge in [-0.25, -0.2) is 4.98 Å². The van der Waals surface area contributed by atoms with E-state index in [0.717, 1.165) is 15.3 Å². The number of nitrogen functional groups attached to an aromatic ring is 1. The third-order valence-electron chi connectivity index (χ3n) is 4.08. The highest BCUT2D eigenvalue weighted by Gasteiger charge is 2.12. The average Bonchev–Trinajstić information content (AvgIpc) is 3.13. The van der Waals surface area contributed by atoms with Crippen LogP contribution >= 0.6 is 11.3 Å². The SMILES string of the molecule is Cc1sc2nc(CCNc3cc4nncn4c(N)n3)[nH]c(=O)c2c1C. The van der Waals surface area contributed by atoms with Gasteiger partial charge in [0.15, 0.2) is 5.65 Å². The number of nitrogens with zero attached hydrogens (tertiary/aromatic N) is 5. The number of H-pyrrole nitrogens is 1. The van der Waals surface area contributed by atoms with E-state index in [2.05, 4.69) is 30.5 Å². The van der Waals surface area contributed by atoms with E-state index in [0.29, 0.717) is 41.6 Å². The van der Waals surface area contributed by atoms with Crippen molar-refractivity contribution in [2.24, 2.45) is 0 Å². The summed E-state index contributed by atoms with van der Waals surface area (Å²) < 4.78 is 1.60. The topological polar surface area (TPSA) is 127 Å². The molecule has 10 heteroatoms. The van der Waals surface area contributed by atoms with Gasteiger partial charge in [-0.15, -0.1) is 21.5 Å². The van der Waals surface area contributed by atoms with Crippen LogP contribution in [0.3, 0.4) is 0 Å². The van der Waals surface area contributed by atoms with Crippen LogP contribution in [0.15, 0.2) is 17.2 Å². The summed E-state index contributed by atoms with van der Waals surface area (Å²) in [4.78, 5) is 25.8. The van der Waals surface area contributed by atoms with Gasteiger partial charge in [-0.05, 0) is 19.4 Å². The van der Waals surface area contributed by atoms with Crippen molar-refractivity contribution in [3.8, 4) is 0 Å². The van der Waals surface area contributed by atoms with Crippen LogP contribution in [0.5, 0.6) is 0 Å². The lowest BCUT2D eigenvalue weighted by molar-refractivity contribution is 0.894. The molecule has 0 spiro atoms. The van der Waals surface area contributed by atoms with Gasteiger partial charge in [0, 0.05) is 23.9 Å². The molecule has 4 N–H and O–H groups in total. The zero-order chi connectivity index (χ0) is 17.6. The normalized spacial score (nSPS) is 11.4. The fourth-order valence-electron chi connectivity index (χ4n) is 2.67. The van der Waals surface area contributed by atoms with Gasteiger partial charge >= 0.3 is 0 Å². The third kappa shape index (κ3) is 2.70. The van der Waals surface area contributed by atoms with Gasteiger partial charge in [0.1, 0.15) is 22.8 Å². The predicted molar refractivity (Wildman–Crippen MR) is 97.1 cm³/mol. The maximum Gasteiger partial charge on any atom is 0.259 e. The lowest BCUT2D eigenvalue weighted by Gasteiger charge is -2.07. The number of hydrogen-bond donors (Lipinski definition) is 3. The first-order valence-corrected chi connectivity index (χ1v) is 8.53. The van der Waals surface area contributed by atoms with Gasteiger partial charge in [-0.1, -0.05) is 0 Å². The molecule has 0 unspecified atom stereocenters. The Kier molecular flexibility index (Phi) is 3.61. The number of nitrogens with one attached hydrogen (secondary N) is 2. The summed E-state index contributed by atoms with van der Waals surface area (Å²) in [7, 11) is 0.